The second-order valence-corrected chi connectivity index (χ2v) is 6.52. The molecule has 0 aromatic carbocycles. The number of rotatable bonds is 14. The third-order valence-corrected chi connectivity index (χ3v) is 4.40. The molecule has 0 aromatic heterocycles. The van der Waals surface area contributed by atoms with E-state index in [1.165, 1.54) is 38.5 Å². The molecule has 1 rings (SSSR count). The molecule has 2 atom stereocenters. The number of unbranched alkanes of at least 4 members (excludes halogenated alkanes) is 1. The van der Waals surface area contributed by atoms with Crippen LogP contribution in [0, 0.1) is 5.92 Å². The van der Waals surface area contributed by atoms with Crippen LogP contribution in [0.5, 0.6) is 0 Å². The maximum Gasteiger partial charge on any atom is 0.0897 e. The Bertz CT molecular complexity index is 247. The van der Waals surface area contributed by atoms with Crippen molar-refractivity contribution in [1.29, 1.82) is 0 Å². The van der Waals surface area contributed by atoms with Crippen LogP contribution in [0.3, 0.4) is 0 Å². The number of likely N-dealkylation sites (N-methyl/N-ethyl adjacent to an activating group) is 1. The van der Waals surface area contributed by atoms with Crippen molar-refractivity contribution in [3.63, 3.8) is 0 Å². The van der Waals surface area contributed by atoms with E-state index in [4.69, 9.17) is 4.74 Å². The number of nitrogens with one attached hydrogen (secondary N) is 1. The highest BCUT2D eigenvalue weighted by atomic mass is 16.5. The van der Waals surface area contributed by atoms with Crippen molar-refractivity contribution in [2.24, 2.45) is 5.92 Å². The largest absolute Gasteiger partial charge is 0.389 e. The van der Waals surface area contributed by atoms with Gasteiger partial charge in [-0.25, -0.2) is 0 Å². The molecule has 1 aliphatic rings. The van der Waals surface area contributed by atoms with Gasteiger partial charge in [-0.3, -0.25) is 0 Å². The van der Waals surface area contributed by atoms with Gasteiger partial charge in [0.25, 0.3) is 0 Å². The highest BCUT2D eigenvalue weighted by Gasteiger charge is 2.25. The van der Waals surface area contributed by atoms with Crippen LogP contribution in [-0.4, -0.2) is 62.0 Å². The number of aliphatic hydroxyl groups is 1. The fraction of sp³-hybridized carbons (Fsp3) is 1.00. The molecule has 0 aromatic rings. The molecule has 1 saturated carbocycles. The zero-order valence-corrected chi connectivity index (χ0v) is 14.3. The first-order valence-electron chi connectivity index (χ1n) is 8.84. The predicted molar refractivity (Wildman–Crippen MR) is 88.7 cm³/mol. The molecule has 4 nitrogen and oxygen atoms in total. The molecule has 0 bridgehead atoms. The summed E-state index contributed by atoms with van der Waals surface area (Å²) < 4.78 is 5.67. The fourth-order valence-corrected chi connectivity index (χ4v) is 2.55. The van der Waals surface area contributed by atoms with E-state index in [-0.39, 0.29) is 6.10 Å². The van der Waals surface area contributed by atoms with Crippen LogP contribution >= 0.6 is 0 Å². The SMILES string of the molecule is CCCCC(CC)COCC(O)CNCCN(C)C1CC1. The summed E-state index contributed by atoms with van der Waals surface area (Å²) in [6.45, 7) is 8.32. The van der Waals surface area contributed by atoms with Crippen molar-refractivity contribution in [2.45, 2.75) is 64.5 Å². The van der Waals surface area contributed by atoms with Gasteiger partial charge in [0.2, 0.25) is 0 Å². The van der Waals surface area contributed by atoms with Gasteiger partial charge < -0.3 is 20.1 Å². The average molecular weight is 300 g/mol. The van der Waals surface area contributed by atoms with E-state index < -0.39 is 0 Å². The summed E-state index contributed by atoms with van der Waals surface area (Å²) >= 11 is 0. The first-order valence-corrected chi connectivity index (χ1v) is 8.84. The first-order chi connectivity index (χ1) is 10.2. The topological polar surface area (TPSA) is 44.7 Å². The Balaban J connectivity index is 1.93. The monoisotopic (exact) mass is 300 g/mol. The van der Waals surface area contributed by atoms with Gasteiger partial charge >= 0.3 is 0 Å². The summed E-state index contributed by atoms with van der Waals surface area (Å²) in [5.74, 6) is 0.650. The molecule has 1 aliphatic carbocycles. The minimum absolute atomic E-state index is 0.389. The summed E-state index contributed by atoms with van der Waals surface area (Å²) in [6, 6.07) is 0.814. The second-order valence-electron chi connectivity index (χ2n) is 6.52. The Kier molecular flexibility index (Phi) is 10.3. The molecule has 0 saturated heterocycles. The van der Waals surface area contributed by atoms with Crippen LogP contribution in [0.25, 0.3) is 0 Å². The third-order valence-electron chi connectivity index (χ3n) is 4.40. The molecule has 0 aliphatic heterocycles. The van der Waals surface area contributed by atoms with Crippen LogP contribution in [-0.2, 0) is 4.74 Å². The standard InChI is InChI=1S/C17H36N2O2/c1-4-6-7-15(5-2)13-21-14-17(20)12-18-10-11-19(3)16-8-9-16/h15-18,20H,4-14H2,1-3H3. The van der Waals surface area contributed by atoms with Crippen molar-refractivity contribution in [1.82, 2.24) is 10.2 Å². The van der Waals surface area contributed by atoms with Gasteiger partial charge in [0, 0.05) is 32.3 Å². The van der Waals surface area contributed by atoms with Crippen molar-refractivity contribution in [2.75, 3.05) is 39.9 Å². The molecule has 2 unspecified atom stereocenters. The molecular formula is C17H36N2O2. The Morgan fingerprint density at radius 3 is 2.67 bits per heavy atom. The van der Waals surface area contributed by atoms with E-state index in [9.17, 15) is 5.11 Å². The van der Waals surface area contributed by atoms with E-state index in [0.717, 1.165) is 25.7 Å². The molecule has 1 fully saturated rings. The van der Waals surface area contributed by atoms with Crippen molar-refractivity contribution < 1.29 is 9.84 Å². The molecule has 126 valence electrons. The van der Waals surface area contributed by atoms with Gasteiger partial charge in [-0.1, -0.05) is 33.1 Å². The predicted octanol–water partition coefficient (Wildman–Crippen LogP) is 2.26. The lowest BCUT2D eigenvalue weighted by molar-refractivity contribution is 0.0193. The van der Waals surface area contributed by atoms with E-state index in [2.05, 4.69) is 31.1 Å². The molecule has 0 heterocycles. The van der Waals surface area contributed by atoms with Gasteiger partial charge in [0.05, 0.1) is 12.7 Å². The highest BCUT2D eigenvalue weighted by Crippen LogP contribution is 2.24. The Morgan fingerprint density at radius 1 is 1.29 bits per heavy atom. The molecule has 0 amide bonds. The van der Waals surface area contributed by atoms with E-state index >= 15 is 0 Å². The van der Waals surface area contributed by atoms with Crippen LogP contribution in [0.2, 0.25) is 0 Å². The van der Waals surface area contributed by atoms with E-state index in [0.29, 0.717) is 19.1 Å². The smallest absolute Gasteiger partial charge is 0.0897 e. The van der Waals surface area contributed by atoms with E-state index in [1.54, 1.807) is 0 Å². The lowest BCUT2D eigenvalue weighted by atomic mass is 10.0. The zero-order chi connectivity index (χ0) is 15.5. The van der Waals surface area contributed by atoms with Gasteiger partial charge in [0.15, 0.2) is 0 Å². The highest BCUT2D eigenvalue weighted by molar-refractivity contribution is 4.82. The zero-order valence-electron chi connectivity index (χ0n) is 14.3. The first kappa shape index (κ1) is 18.9. The molecule has 0 spiro atoms. The van der Waals surface area contributed by atoms with Crippen LogP contribution in [0.15, 0.2) is 0 Å². The van der Waals surface area contributed by atoms with E-state index in [1.807, 2.05) is 0 Å². The molecular weight excluding hydrogens is 264 g/mol. The maximum absolute atomic E-state index is 9.90. The molecule has 4 heteroatoms. The minimum Gasteiger partial charge on any atom is -0.389 e. The average Bonchev–Trinajstić information content (AvgIpc) is 3.31. The molecule has 21 heavy (non-hydrogen) atoms. The number of nitrogens with zero attached hydrogens (tertiary/aromatic N) is 1. The van der Waals surface area contributed by atoms with Gasteiger partial charge in [-0.2, -0.15) is 0 Å². The summed E-state index contributed by atoms with van der Waals surface area (Å²) in [5, 5.41) is 13.2. The number of hydrogen-bond donors (Lipinski definition) is 2. The summed E-state index contributed by atoms with van der Waals surface area (Å²) in [6.07, 6.45) is 7.25. The number of hydrogen-bond acceptors (Lipinski definition) is 4. The Labute approximate surface area is 131 Å². The summed E-state index contributed by atoms with van der Waals surface area (Å²) in [4.78, 5) is 2.40. The fourth-order valence-electron chi connectivity index (χ4n) is 2.55. The summed E-state index contributed by atoms with van der Waals surface area (Å²) in [7, 11) is 2.18. The number of ether oxygens (including phenoxy) is 1. The van der Waals surface area contributed by atoms with Crippen LogP contribution in [0.4, 0.5) is 0 Å². The summed E-state index contributed by atoms with van der Waals surface area (Å²) in [5.41, 5.74) is 0. The van der Waals surface area contributed by atoms with Gasteiger partial charge in [0.1, 0.15) is 0 Å². The normalized spacial score (nSPS) is 18.1. The molecule has 0 radical (unpaired) electrons. The van der Waals surface area contributed by atoms with Crippen LogP contribution in [0.1, 0.15) is 52.4 Å². The third kappa shape index (κ3) is 9.46. The number of aliphatic hydroxyl groups excluding tert-OH is 1. The lowest BCUT2D eigenvalue weighted by Crippen LogP contribution is -2.36. The van der Waals surface area contributed by atoms with Crippen molar-refractivity contribution in [3.05, 3.63) is 0 Å². The molecule has 2 N–H and O–H groups in total. The Hall–Kier alpha value is -0.160. The van der Waals surface area contributed by atoms with Crippen molar-refractivity contribution >= 4 is 0 Å². The Morgan fingerprint density at radius 2 is 2.05 bits per heavy atom. The lowest BCUT2D eigenvalue weighted by Gasteiger charge is -2.18. The quantitative estimate of drug-likeness (QED) is 0.483. The van der Waals surface area contributed by atoms with Crippen molar-refractivity contribution in [3.8, 4) is 0 Å². The maximum atomic E-state index is 9.90. The minimum atomic E-state index is -0.389. The van der Waals surface area contributed by atoms with Crippen LogP contribution < -0.4 is 5.32 Å². The second kappa shape index (κ2) is 11.4. The van der Waals surface area contributed by atoms with Gasteiger partial charge in [-0.05, 0) is 32.2 Å². The van der Waals surface area contributed by atoms with Gasteiger partial charge in [-0.15, -0.1) is 0 Å².